The predicted octanol–water partition coefficient (Wildman–Crippen LogP) is 3.34. The second-order valence-electron chi connectivity index (χ2n) is 4.45. The van der Waals surface area contributed by atoms with E-state index >= 15 is 0 Å². The van der Waals surface area contributed by atoms with Crippen LogP contribution >= 0.6 is 22.2 Å². The highest BCUT2D eigenvalue weighted by atomic mass is 35.7. The van der Waals surface area contributed by atoms with Gasteiger partial charge in [0.2, 0.25) is 0 Å². The Bertz CT molecular complexity index is 713. The molecule has 4 rings (SSSR count). The van der Waals surface area contributed by atoms with Gasteiger partial charge in [-0.1, -0.05) is 48.5 Å². The average Bonchev–Trinajstić information content (AvgIpc) is 2.59. The molecule has 0 saturated carbocycles. The van der Waals surface area contributed by atoms with Crippen molar-refractivity contribution in [3.05, 3.63) is 48.5 Å². The van der Waals surface area contributed by atoms with Crippen LogP contribution in [0.3, 0.4) is 0 Å². The van der Waals surface area contributed by atoms with Gasteiger partial charge in [-0.15, -0.1) is 22.2 Å². The van der Waals surface area contributed by atoms with E-state index in [0.717, 1.165) is 10.4 Å². The topological polar surface area (TPSA) is 0 Å². The molecule has 3 aromatic carbocycles. The first-order chi connectivity index (χ1) is 8.19. The molecule has 0 fully saturated rings. The molecule has 0 radical (unpaired) electrons. The second kappa shape index (κ2) is 3.05. The maximum Gasteiger partial charge on any atom is 0.311 e. The molecule has 1 heterocycles. The lowest BCUT2D eigenvalue weighted by atomic mass is 10.0. The van der Waals surface area contributed by atoms with Crippen molar-refractivity contribution in [3.8, 4) is 0 Å². The van der Waals surface area contributed by atoms with E-state index in [0.29, 0.717) is 0 Å². The van der Waals surface area contributed by atoms with Crippen molar-refractivity contribution in [2.75, 3.05) is 0 Å². The van der Waals surface area contributed by atoms with Crippen molar-refractivity contribution in [2.45, 2.75) is 0 Å². The fourth-order valence-electron chi connectivity index (χ4n) is 2.82. The molecular weight excluding hydrogens is 267 g/mol. The quantitative estimate of drug-likeness (QED) is 0.335. The van der Waals surface area contributed by atoms with Crippen molar-refractivity contribution in [1.82, 2.24) is 0 Å². The number of rotatable bonds is 0. The lowest BCUT2D eigenvalue weighted by Gasteiger charge is -2.12. The molecule has 17 heavy (non-hydrogen) atoms. The van der Waals surface area contributed by atoms with Gasteiger partial charge < -0.3 is 0 Å². The van der Waals surface area contributed by atoms with E-state index < -0.39 is 6.69 Å². The summed E-state index contributed by atoms with van der Waals surface area (Å²) in [5, 5.41) is 7.28. The molecule has 1 aliphatic rings. The average molecular weight is 275 g/mol. The van der Waals surface area contributed by atoms with E-state index in [4.69, 9.17) is 22.2 Å². The summed E-state index contributed by atoms with van der Waals surface area (Å²) >= 11 is 13.4. The van der Waals surface area contributed by atoms with E-state index in [2.05, 4.69) is 36.4 Å². The molecule has 0 aromatic heterocycles. The van der Waals surface area contributed by atoms with Crippen LogP contribution in [0.4, 0.5) is 0 Å². The summed E-state index contributed by atoms with van der Waals surface area (Å²) in [6.07, 6.45) is 0. The van der Waals surface area contributed by atoms with Gasteiger partial charge in [-0.05, 0) is 31.9 Å². The summed E-state index contributed by atoms with van der Waals surface area (Å²) in [5.41, 5.74) is 0. The van der Waals surface area contributed by atoms with Crippen LogP contribution in [0, 0.1) is 0 Å². The number of benzene rings is 3. The van der Waals surface area contributed by atoms with Crippen LogP contribution in [0.25, 0.3) is 21.5 Å². The zero-order chi connectivity index (χ0) is 11.6. The lowest BCUT2D eigenvalue weighted by Crippen LogP contribution is -2.44. The van der Waals surface area contributed by atoms with Crippen molar-refractivity contribution >= 4 is 60.8 Å². The maximum atomic E-state index is 6.68. The van der Waals surface area contributed by atoms with Crippen LogP contribution in [-0.2, 0) is 0 Å². The largest absolute Gasteiger partial charge is 0.311 e. The summed E-state index contributed by atoms with van der Waals surface area (Å²) in [4.78, 5) is 0. The van der Waals surface area contributed by atoms with Gasteiger partial charge in [0.25, 0.3) is 0 Å². The van der Waals surface area contributed by atoms with Gasteiger partial charge in [0.1, 0.15) is 0 Å². The Morgan fingerprint density at radius 3 is 1.59 bits per heavy atom. The molecular formula is C14H8Cl2Si. The van der Waals surface area contributed by atoms with E-state index in [1.54, 1.807) is 0 Å². The molecule has 0 spiro atoms. The zero-order valence-electron chi connectivity index (χ0n) is 8.87. The summed E-state index contributed by atoms with van der Waals surface area (Å²) < 4.78 is 0. The Kier molecular flexibility index (Phi) is 1.78. The van der Waals surface area contributed by atoms with Crippen molar-refractivity contribution in [2.24, 2.45) is 0 Å². The molecule has 0 aliphatic carbocycles. The van der Waals surface area contributed by atoms with Crippen LogP contribution in [0.5, 0.6) is 0 Å². The molecule has 0 saturated heterocycles. The highest BCUT2D eigenvalue weighted by Gasteiger charge is 2.41. The summed E-state index contributed by atoms with van der Waals surface area (Å²) in [7, 11) is 0. The number of halogens is 2. The third-order valence-corrected chi connectivity index (χ3v) is 8.19. The highest BCUT2D eigenvalue weighted by molar-refractivity contribution is 7.57. The normalized spacial score (nSPS) is 16.1. The Balaban J connectivity index is 2.41. The van der Waals surface area contributed by atoms with Gasteiger partial charge in [-0.2, -0.15) is 0 Å². The van der Waals surface area contributed by atoms with Gasteiger partial charge in [0.05, 0.1) is 0 Å². The van der Waals surface area contributed by atoms with Crippen LogP contribution in [-0.4, -0.2) is 6.69 Å². The monoisotopic (exact) mass is 274 g/mol. The Morgan fingerprint density at radius 2 is 1.12 bits per heavy atom. The molecule has 0 nitrogen and oxygen atoms in total. The van der Waals surface area contributed by atoms with Gasteiger partial charge in [-0.25, -0.2) is 0 Å². The van der Waals surface area contributed by atoms with Crippen molar-refractivity contribution < 1.29 is 0 Å². The zero-order valence-corrected chi connectivity index (χ0v) is 11.4. The standard InChI is InChI=1S/C14H8Cl2Si/c15-17(16)11-5-1-3-9-7-8-10-4-2-6-12(17)14(10)13(9)11/h1-8H. The molecule has 3 heteroatoms. The molecule has 1 aliphatic heterocycles. The van der Waals surface area contributed by atoms with Gasteiger partial charge in [0.15, 0.2) is 0 Å². The van der Waals surface area contributed by atoms with Gasteiger partial charge >= 0.3 is 6.69 Å². The second-order valence-corrected chi connectivity index (χ2v) is 10.7. The van der Waals surface area contributed by atoms with Crippen LogP contribution in [0.1, 0.15) is 0 Å². The minimum absolute atomic E-state index is 1.14. The Hall–Kier alpha value is -1.02. The van der Waals surface area contributed by atoms with Crippen LogP contribution in [0.15, 0.2) is 48.5 Å². The van der Waals surface area contributed by atoms with Crippen molar-refractivity contribution in [3.63, 3.8) is 0 Å². The summed E-state index contributed by atoms with van der Waals surface area (Å²) in [6, 6.07) is 16.8. The van der Waals surface area contributed by atoms with E-state index in [1.807, 2.05) is 12.1 Å². The molecule has 0 N–H and O–H groups in total. The van der Waals surface area contributed by atoms with Crippen molar-refractivity contribution in [1.29, 1.82) is 0 Å². The molecule has 0 atom stereocenters. The molecule has 3 aromatic rings. The first kappa shape index (κ1) is 9.95. The summed E-state index contributed by atoms with van der Waals surface area (Å²) in [5.74, 6) is 0. The fourth-order valence-corrected chi connectivity index (χ4v) is 6.78. The van der Waals surface area contributed by atoms with E-state index in [-0.39, 0.29) is 0 Å². The first-order valence-electron chi connectivity index (χ1n) is 5.53. The van der Waals surface area contributed by atoms with Crippen LogP contribution in [0.2, 0.25) is 0 Å². The van der Waals surface area contributed by atoms with E-state index in [1.165, 1.54) is 21.5 Å². The van der Waals surface area contributed by atoms with Gasteiger partial charge in [-0.3, -0.25) is 0 Å². The molecule has 0 unspecified atom stereocenters. The molecule has 0 bridgehead atoms. The lowest BCUT2D eigenvalue weighted by molar-refractivity contribution is 1.83. The minimum atomic E-state index is -2.50. The predicted molar refractivity (Wildman–Crippen MR) is 78.2 cm³/mol. The highest BCUT2D eigenvalue weighted by Crippen LogP contribution is 2.34. The van der Waals surface area contributed by atoms with Gasteiger partial charge in [0, 0.05) is 0 Å². The number of hydrogen-bond acceptors (Lipinski definition) is 0. The van der Waals surface area contributed by atoms with Crippen LogP contribution < -0.4 is 10.4 Å². The van der Waals surface area contributed by atoms with E-state index in [9.17, 15) is 0 Å². The SMILES string of the molecule is Cl[Si]1(Cl)c2cccc3ccc4cccc1c4c23. The Morgan fingerprint density at radius 1 is 0.647 bits per heavy atom. The first-order valence-corrected chi connectivity index (χ1v) is 9.55. The fraction of sp³-hybridized carbons (Fsp3) is 0. The Labute approximate surface area is 109 Å². The number of hydrogen-bond donors (Lipinski definition) is 0. The molecule has 0 amide bonds. The maximum absolute atomic E-state index is 6.68. The summed E-state index contributed by atoms with van der Waals surface area (Å²) in [6.45, 7) is -2.50. The molecule has 82 valence electrons. The third-order valence-electron chi connectivity index (χ3n) is 3.56. The minimum Gasteiger partial charge on any atom is -0.134 e. The third kappa shape index (κ3) is 1.10. The smallest absolute Gasteiger partial charge is 0.134 e.